The molecule has 5 heteroatoms. The number of ether oxygens (including phenoxy) is 1. The Morgan fingerprint density at radius 3 is 2.31 bits per heavy atom. The van der Waals surface area contributed by atoms with Crippen molar-refractivity contribution in [3.05, 3.63) is 102 Å². The van der Waals surface area contributed by atoms with Gasteiger partial charge in [0.1, 0.15) is 5.75 Å². The normalized spacial score (nSPS) is 11.6. The van der Waals surface area contributed by atoms with Gasteiger partial charge in [0.25, 0.3) is 11.8 Å². The van der Waals surface area contributed by atoms with E-state index >= 15 is 0 Å². The van der Waals surface area contributed by atoms with E-state index in [1.165, 1.54) is 0 Å². The molecule has 0 saturated carbocycles. The summed E-state index contributed by atoms with van der Waals surface area (Å²) in [5, 5.41) is 5.03. The zero-order valence-electron chi connectivity index (χ0n) is 20.3. The molecule has 0 aliphatic rings. The van der Waals surface area contributed by atoms with Crippen LogP contribution < -0.4 is 15.0 Å². The topological polar surface area (TPSA) is 58.6 Å². The largest absolute Gasteiger partial charge is 0.491 e. The van der Waals surface area contributed by atoms with Gasteiger partial charge < -0.3 is 15.0 Å². The van der Waals surface area contributed by atoms with Crippen molar-refractivity contribution < 1.29 is 14.3 Å². The third-order valence-corrected chi connectivity index (χ3v) is 6.02. The van der Waals surface area contributed by atoms with Crippen molar-refractivity contribution in [3.63, 3.8) is 0 Å². The van der Waals surface area contributed by atoms with Crippen molar-refractivity contribution in [3.8, 4) is 5.75 Å². The smallest absolute Gasteiger partial charge is 0.258 e. The van der Waals surface area contributed by atoms with Gasteiger partial charge in [-0.15, -0.1) is 0 Å². The Labute approximate surface area is 206 Å². The van der Waals surface area contributed by atoms with Crippen LogP contribution in [0.4, 0.5) is 11.4 Å². The highest BCUT2D eigenvalue weighted by Crippen LogP contribution is 2.28. The van der Waals surface area contributed by atoms with Crippen LogP contribution in [0.5, 0.6) is 5.75 Å². The first kappa shape index (κ1) is 24.0. The van der Waals surface area contributed by atoms with E-state index in [-0.39, 0.29) is 17.9 Å². The molecule has 4 rings (SSSR count). The van der Waals surface area contributed by atoms with E-state index in [9.17, 15) is 9.59 Å². The molecule has 4 aromatic carbocycles. The van der Waals surface area contributed by atoms with Crippen molar-refractivity contribution in [2.24, 2.45) is 0 Å². The Morgan fingerprint density at radius 2 is 1.57 bits per heavy atom. The first-order valence-corrected chi connectivity index (χ1v) is 12.0. The van der Waals surface area contributed by atoms with E-state index in [0.717, 1.165) is 22.9 Å². The fourth-order valence-corrected chi connectivity index (χ4v) is 3.95. The maximum atomic E-state index is 13.3. The van der Waals surface area contributed by atoms with Crippen molar-refractivity contribution in [1.82, 2.24) is 0 Å². The standard InChI is InChI=1S/C30H30N2O3/c1-4-21(3)35-26-13-8-12-24(20-26)29(33)31-25-18-16-23(17-19-25)30(34)32(5-2)28-15-9-11-22-10-6-7-14-27(22)28/h6-21H,4-5H2,1-3H3,(H,31,33). The number of anilines is 2. The Balaban J connectivity index is 1.49. The summed E-state index contributed by atoms with van der Waals surface area (Å²) in [7, 11) is 0. The molecule has 0 bridgehead atoms. The predicted octanol–water partition coefficient (Wildman–Crippen LogP) is 6.94. The monoisotopic (exact) mass is 466 g/mol. The molecule has 2 amide bonds. The van der Waals surface area contributed by atoms with Crippen LogP contribution in [0.1, 0.15) is 47.9 Å². The lowest BCUT2D eigenvalue weighted by molar-refractivity contribution is 0.0987. The van der Waals surface area contributed by atoms with Crippen LogP contribution in [0.2, 0.25) is 0 Å². The molecule has 1 unspecified atom stereocenters. The fourth-order valence-electron chi connectivity index (χ4n) is 3.95. The molecule has 0 heterocycles. The minimum atomic E-state index is -0.232. The Hall–Kier alpha value is -4.12. The Bertz CT molecular complexity index is 1330. The van der Waals surface area contributed by atoms with Crippen molar-refractivity contribution in [2.75, 3.05) is 16.8 Å². The molecule has 0 aliphatic heterocycles. The van der Waals surface area contributed by atoms with Crippen molar-refractivity contribution in [2.45, 2.75) is 33.3 Å². The average Bonchev–Trinajstić information content (AvgIpc) is 2.89. The lowest BCUT2D eigenvalue weighted by atomic mass is 10.1. The van der Waals surface area contributed by atoms with Gasteiger partial charge in [0.05, 0.1) is 11.8 Å². The summed E-state index contributed by atoms with van der Waals surface area (Å²) < 4.78 is 5.82. The number of hydrogen-bond acceptors (Lipinski definition) is 3. The first-order valence-electron chi connectivity index (χ1n) is 12.0. The summed E-state index contributed by atoms with van der Waals surface area (Å²) in [6.45, 7) is 6.56. The summed E-state index contributed by atoms with van der Waals surface area (Å²) in [5.41, 5.74) is 2.57. The molecule has 35 heavy (non-hydrogen) atoms. The maximum absolute atomic E-state index is 13.3. The highest BCUT2D eigenvalue weighted by atomic mass is 16.5. The Kier molecular flexibility index (Phi) is 7.46. The zero-order chi connectivity index (χ0) is 24.8. The van der Waals surface area contributed by atoms with Gasteiger partial charge in [-0.2, -0.15) is 0 Å². The van der Waals surface area contributed by atoms with Crippen molar-refractivity contribution in [1.29, 1.82) is 0 Å². The summed E-state index contributed by atoms with van der Waals surface area (Å²) in [5.74, 6) is 0.349. The van der Waals surface area contributed by atoms with Gasteiger partial charge in [0.2, 0.25) is 0 Å². The molecule has 1 atom stereocenters. The Morgan fingerprint density at radius 1 is 0.857 bits per heavy atom. The molecule has 0 aliphatic carbocycles. The number of fused-ring (bicyclic) bond motifs is 1. The van der Waals surface area contributed by atoms with E-state index in [0.29, 0.717) is 29.1 Å². The van der Waals surface area contributed by atoms with E-state index < -0.39 is 0 Å². The quantitative estimate of drug-likeness (QED) is 0.306. The van der Waals surface area contributed by atoms with Crippen LogP contribution in [0.3, 0.4) is 0 Å². The molecular weight excluding hydrogens is 436 g/mol. The lowest BCUT2D eigenvalue weighted by Gasteiger charge is -2.23. The van der Waals surface area contributed by atoms with Crippen LogP contribution in [0, 0.1) is 0 Å². The van der Waals surface area contributed by atoms with E-state index in [2.05, 4.69) is 12.2 Å². The summed E-state index contributed by atoms with van der Waals surface area (Å²) in [6, 6.07) is 28.2. The van der Waals surface area contributed by atoms with Crippen LogP contribution in [-0.2, 0) is 0 Å². The number of rotatable bonds is 8. The summed E-state index contributed by atoms with van der Waals surface area (Å²) >= 11 is 0. The van der Waals surface area contributed by atoms with Crippen LogP contribution >= 0.6 is 0 Å². The molecule has 178 valence electrons. The van der Waals surface area contributed by atoms with Gasteiger partial charge >= 0.3 is 0 Å². The molecular formula is C30H30N2O3. The van der Waals surface area contributed by atoms with Gasteiger partial charge in [-0.25, -0.2) is 0 Å². The third kappa shape index (κ3) is 5.52. The molecule has 4 aromatic rings. The van der Waals surface area contributed by atoms with Crippen LogP contribution in [0.15, 0.2) is 91.0 Å². The molecule has 0 spiro atoms. The van der Waals surface area contributed by atoms with E-state index in [1.807, 2.05) is 62.4 Å². The summed E-state index contributed by atoms with van der Waals surface area (Å²) in [4.78, 5) is 27.9. The summed E-state index contributed by atoms with van der Waals surface area (Å²) in [6.07, 6.45) is 0.965. The second-order valence-corrected chi connectivity index (χ2v) is 8.44. The van der Waals surface area contributed by atoms with Gasteiger partial charge in [-0.1, -0.05) is 49.4 Å². The minimum Gasteiger partial charge on any atom is -0.491 e. The first-order chi connectivity index (χ1) is 17.0. The predicted molar refractivity (Wildman–Crippen MR) is 143 cm³/mol. The fraction of sp³-hybridized carbons (Fsp3) is 0.200. The lowest BCUT2D eigenvalue weighted by Crippen LogP contribution is -2.30. The average molecular weight is 467 g/mol. The van der Waals surface area contributed by atoms with Gasteiger partial charge in [-0.3, -0.25) is 9.59 Å². The number of carbonyl (C=O) groups is 2. The van der Waals surface area contributed by atoms with E-state index in [4.69, 9.17) is 4.74 Å². The molecule has 0 fully saturated rings. The number of hydrogen-bond donors (Lipinski definition) is 1. The maximum Gasteiger partial charge on any atom is 0.258 e. The molecule has 0 radical (unpaired) electrons. The molecule has 0 saturated heterocycles. The molecule has 5 nitrogen and oxygen atoms in total. The number of nitrogens with one attached hydrogen (secondary N) is 1. The van der Waals surface area contributed by atoms with E-state index in [1.54, 1.807) is 47.4 Å². The SMILES string of the molecule is CCC(C)Oc1cccc(C(=O)Nc2ccc(C(=O)N(CC)c3cccc4ccccc34)cc2)c1. The van der Waals surface area contributed by atoms with Gasteiger partial charge in [-0.05, 0) is 74.2 Å². The number of amides is 2. The van der Waals surface area contributed by atoms with Crippen LogP contribution in [-0.4, -0.2) is 24.5 Å². The minimum absolute atomic E-state index is 0.0787. The second kappa shape index (κ2) is 10.9. The highest BCUT2D eigenvalue weighted by Gasteiger charge is 2.18. The molecule has 0 aromatic heterocycles. The second-order valence-electron chi connectivity index (χ2n) is 8.44. The number of benzene rings is 4. The number of nitrogens with zero attached hydrogens (tertiary/aromatic N) is 1. The number of carbonyl (C=O) groups excluding carboxylic acids is 2. The zero-order valence-corrected chi connectivity index (χ0v) is 20.3. The van der Waals surface area contributed by atoms with Gasteiger partial charge in [0.15, 0.2) is 0 Å². The van der Waals surface area contributed by atoms with Crippen molar-refractivity contribution >= 4 is 34.0 Å². The molecule has 1 N–H and O–H groups in total. The highest BCUT2D eigenvalue weighted by molar-refractivity contribution is 6.11. The van der Waals surface area contributed by atoms with Gasteiger partial charge in [0, 0.05) is 28.7 Å². The van der Waals surface area contributed by atoms with Crippen LogP contribution in [0.25, 0.3) is 10.8 Å². The third-order valence-electron chi connectivity index (χ3n) is 6.02.